The standard InChI is InChI=1S/C23H27N3O4S/c1-15-5-4-6-21-23(15)18(12-24-21)11-22(27)25-19-7-9-20(10-8-19)31(28,29)26-13-16(2)30-17(3)14-26/h4-10,12,16-17,24H,11,13-14H2,1-3H3,(H,25,27). The molecule has 7 nitrogen and oxygen atoms in total. The lowest BCUT2D eigenvalue weighted by Gasteiger charge is -2.34. The van der Waals surface area contributed by atoms with Gasteiger partial charge in [0.25, 0.3) is 0 Å². The number of morpholine rings is 1. The zero-order chi connectivity index (χ0) is 22.2. The van der Waals surface area contributed by atoms with Gasteiger partial charge < -0.3 is 15.0 Å². The van der Waals surface area contributed by atoms with Gasteiger partial charge in [0, 0.05) is 35.9 Å². The highest BCUT2D eigenvalue weighted by Gasteiger charge is 2.32. The van der Waals surface area contributed by atoms with Crippen molar-refractivity contribution in [3.05, 3.63) is 59.8 Å². The number of amides is 1. The number of carbonyl (C=O) groups excluding carboxylic acids is 1. The summed E-state index contributed by atoms with van der Waals surface area (Å²) < 4.78 is 33.0. The predicted octanol–water partition coefficient (Wildman–Crippen LogP) is 3.46. The maximum atomic E-state index is 13.0. The summed E-state index contributed by atoms with van der Waals surface area (Å²) in [6, 6.07) is 12.3. The third-order valence-corrected chi connectivity index (χ3v) is 7.35. The van der Waals surface area contributed by atoms with Crippen LogP contribution < -0.4 is 5.32 Å². The van der Waals surface area contributed by atoms with Gasteiger partial charge in [-0.15, -0.1) is 0 Å². The van der Waals surface area contributed by atoms with Gasteiger partial charge in [-0.05, 0) is 62.2 Å². The number of aromatic nitrogens is 1. The van der Waals surface area contributed by atoms with Crippen LogP contribution in [0.15, 0.2) is 53.6 Å². The Kier molecular flexibility index (Phi) is 5.88. The van der Waals surface area contributed by atoms with Crippen LogP contribution in [-0.4, -0.2) is 48.9 Å². The number of rotatable bonds is 5. The average molecular weight is 442 g/mol. The van der Waals surface area contributed by atoms with E-state index < -0.39 is 10.0 Å². The Balaban J connectivity index is 1.45. The van der Waals surface area contributed by atoms with Gasteiger partial charge in [-0.25, -0.2) is 8.42 Å². The molecule has 3 aromatic rings. The Morgan fingerprint density at radius 2 is 1.81 bits per heavy atom. The molecule has 2 heterocycles. The number of hydrogen-bond acceptors (Lipinski definition) is 4. The van der Waals surface area contributed by atoms with E-state index in [1.165, 1.54) is 16.4 Å². The number of aromatic amines is 1. The van der Waals surface area contributed by atoms with Crippen molar-refractivity contribution in [2.45, 2.75) is 44.3 Å². The number of sulfonamides is 1. The van der Waals surface area contributed by atoms with E-state index in [1.54, 1.807) is 12.1 Å². The third kappa shape index (κ3) is 4.51. The fourth-order valence-electron chi connectivity index (χ4n) is 4.16. The highest BCUT2D eigenvalue weighted by atomic mass is 32.2. The van der Waals surface area contributed by atoms with Gasteiger partial charge in [0.15, 0.2) is 0 Å². The van der Waals surface area contributed by atoms with Crippen molar-refractivity contribution in [1.82, 2.24) is 9.29 Å². The molecular weight excluding hydrogens is 414 g/mol. The van der Waals surface area contributed by atoms with Crippen LogP contribution in [0.5, 0.6) is 0 Å². The van der Waals surface area contributed by atoms with E-state index >= 15 is 0 Å². The summed E-state index contributed by atoms with van der Waals surface area (Å²) in [5.74, 6) is -0.157. The molecule has 1 saturated heterocycles. The van der Waals surface area contributed by atoms with Crippen LogP contribution in [0.4, 0.5) is 5.69 Å². The number of carbonyl (C=O) groups is 1. The normalized spacial score (nSPS) is 20.1. The molecule has 1 fully saturated rings. The number of hydrogen-bond donors (Lipinski definition) is 2. The first-order valence-electron chi connectivity index (χ1n) is 10.3. The molecule has 8 heteroatoms. The molecule has 1 aliphatic rings. The van der Waals surface area contributed by atoms with Crippen LogP contribution >= 0.6 is 0 Å². The van der Waals surface area contributed by atoms with Crippen molar-refractivity contribution < 1.29 is 17.9 Å². The van der Waals surface area contributed by atoms with Crippen molar-refractivity contribution in [3.63, 3.8) is 0 Å². The van der Waals surface area contributed by atoms with Gasteiger partial charge >= 0.3 is 0 Å². The van der Waals surface area contributed by atoms with E-state index in [9.17, 15) is 13.2 Å². The summed E-state index contributed by atoms with van der Waals surface area (Å²) in [6.45, 7) is 6.41. The second-order valence-electron chi connectivity index (χ2n) is 8.14. The summed E-state index contributed by atoms with van der Waals surface area (Å²) in [5.41, 5.74) is 3.61. The van der Waals surface area contributed by atoms with E-state index in [2.05, 4.69) is 10.3 Å². The van der Waals surface area contributed by atoms with Crippen molar-refractivity contribution in [2.75, 3.05) is 18.4 Å². The highest BCUT2D eigenvalue weighted by molar-refractivity contribution is 7.89. The first kappa shape index (κ1) is 21.5. The Morgan fingerprint density at radius 3 is 2.48 bits per heavy atom. The fraction of sp³-hybridized carbons (Fsp3) is 0.348. The molecule has 1 amide bonds. The lowest BCUT2D eigenvalue weighted by atomic mass is 10.1. The van der Waals surface area contributed by atoms with Gasteiger partial charge in [0.2, 0.25) is 15.9 Å². The molecule has 0 bridgehead atoms. The fourth-order valence-corrected chi connectivity index (χ4v) is 5.75. The number of fused-ring (bicyclic) bond motifs is 1. The van der Waals surface area contributed by atoms with Crippen molar-refractivity contribution in [1.29, 1.82) is 0 Å². The maximum absolute atomic E-state index is 13.0. The van der Waals surface area contributed by atoms with Crippen LogP contribution in [0.2, 0.25) is 0 Å². The van der Waals surface area contributed by atoms with Gasteiger partial charge in [-0.2, -0.15) is 4.31 Å². The molecule has 0 radical (unpaired) electrons. The molecule has 2 atom stereocenters. The molecule has 164 valence electrons. The summed E-state index contributed by atoms with van der Waals surface area (Å²) in [6.07, 6.45) is 1.79. The molecule has 1 aromatic heterocycles. The average Bonchev–Trinajstić information content (AvgIpc) is 3.11. The Morgan fingerprint density at radius 1 is 1.13 bits per heavy atom. The van der Waals surface area contributed by atoms with Crippen LogP contribution in [0, 0.1) is 6.92 Å². The van der Waals surface area contributed by atoms with Crippen LogP contribution in [0.1, 0.15) is 25.0 Å². The summed E-state index contributed by atoms with van der Waals surface area (Å²) in [7, 11) is -3.61. The van der Waals surface area contributed by atoms with Gasteiger partial charge in [-0.1, -0.05) is 12.1 Å². The molecule has 0 saturated carbocycles. The van der Waals surface area contributed by atoms with Gasteiger partial charge in [0.05, 0.1) is 23.5 Å². The molecular formula is C23H27N3O4S. The molecule has 1 aliphatic heterocycles. The number of nitrogens with one attached hydrogen (secondary N) is 2. The molecule has 4 rings (SSSR count). The number of nitrogens with zero attached hydrogens (tertiary/aromatic N) is 1. The predicted molar refractivity (Wildman–Crippen MR) is 121 cm³/mol. The molecule has 31 heavy (non-hydrogen) atoms. The first-order chi connectivity index (χ1) is 14.7. The Bertz CT molecular complexity index is 1190. The number of aryl methyl sites for hydroxylation is 1. The third-order valence-electron chi connectivity index (χ3n) is 5.51. The van der Waals surface area contributed by atoms with E-state index in [0.29, 0.717) is 18.8 Å². The quantitative estimate of drug-likeness (QED) is 0.634. The highest BCUT2D eigenvalue weighted by Crippen LogP contribution is 2.24. The van der Waals surface area contributed by atoms with E-state index in [-0.39, 0.29) is 29.4 Å². The smallest absolute Gasteiger partial charge is 0.243 e. The molecule has 2 aromatic carbocycles. The number of anilines is 1. The SMILES string of the molecule is Cc1cccc2[nH]cc(CC(=O)Nc3ccc(S(=O)(=O)N4CC(C)OC(C)C4)cc3)c12. The number of benzene rings is 2. The van der Waals surface area contributed by atoms with Crippen LogP contribution in [-0.2, 0) is 26.0 Å². The zero-order valence-corrected chi connectivity index (χ0v) is 18.7. The Labute approximate surface area is 182 Å². The lowest BCUT2D eigenvalue weighted by molar-refractivity contribution is -0.115. The summed E-state index contributed by atoms with van der Waals surface area (Å²) in [5, 5.41) is 3.92. The van der Waals surface area contributed by atoms with E-state index in [1.807, 2.05) is 45.2 Å². The van der Waals surface area contributed by atoms with Crippen molar-refractivity contribution in [3.8, 4) is 0 Å². The molecule has 0 aliphatic carbocycles. The van der Waals surface area contributed by atoms with Gasteiger partial charge in [0.1, 0.15) is 0 Å². The van der Waals surface area contributed by atoms with Gasteiger partial charge in [-0.3, -0.25) is 4.79 Å². The number of ether oxygens (including phenoxy) is 1. The summed E-state index contributed by atoms with van der Waals surface area (Å²) >= 11 is 0. The maximum Gasteiger partial charge on any atom is 0.243 e. The zero-order valence-electron chi connectivity index (χ0n) is 17.9. The largest absolute Gasteiger partial charge is 0.373 e. The van der Waals surface area contributed by atoms with E-state index in [0.717, 1.165) is 22.0 Å². The summed E-state index contributed by atoms with van der Waals surface area (Å²) in [4.78, 5) is 16.0. The minimum absolute atomic E-state index is 0.148. The number of H-pyrrole nitrogens is 1. The second-order valence-corrected chi connectivity index (χ2v) is 10.1. The van der Waals surface area contributed by atoms with Crippen molar-refractivity contribution in [2.24, 2.45) is 0 Å². The second kappa shape index (κ2) is 8.45. The topological polar surface area (TPSA) is 91.5 Å². The molecule has 0 spiro atoms. The minimum Gasteiger partial charge on any atom is -0.373 e. The van der Waals surface area contributed by atoms with Crippen LogP contribution in [0.25, 0.3) is 10.9 Å². The van der Waals surface area contributed by atoms with Crippen molar-refractivity contribution >= 4 is 32.5 Å². The Hall–Kier alpha value is -2.68. The lowest BCUT2D eigenvalue weighted by Crippen LogP contribution is -2.48. The molecule has 2 N–H and O–H groups in total. The monoisotopic (exact) mass is 441 g/mol. The minimum atomic E-state index is -3.61. The van der Waals surface area contributed by atoms with E-state index in [4.69, 9.17) is 4.74 Å². The van der Waals surface area contributed by atoms with Crippen LogP contribution in [0.3, 0.4) is 0 Å². The molecule has 2 unspecified atom stereocenters. The first-order valence-corrected chi connectivity index (χ1v) is 11.8.